The highest BCUT2D eigenvalue weighted by Gasteiger charge is 2.18. The molecule has 0 heterocycles. The molecular formula is C12H24. The van der Waals surface area contributed by atoms with Gasteiger partial charge in [0.2, 0.25) is 0 Å². The molecule has 0 unspecified atom stereocenters. The van der Waals surface area contributed by atoms with Crippen LogP contribution in [0.25, 0.3) is 0 Å². The van der Waals surface area contributed by atoms with Gasteiger partial charge in [-0.05, 0) is 11.8 Å². The van der Waals surface area contributed by atoms with Gasteiger partial charge in [-0.15, -0.1) is 0 Å². The summed E-state index contributed by atoms with van der Waals surface area (Å²) in [7, 11) is 0. The molecule has 1 aliphatic rings. The lowest BCUT2D eigenvalue weighted by Crippen LogP contribution is -2.15. The van der Waals surface area contributed by atoms with Gasteiger partial charge < -0.3 is 0 Å². The second-order valence-electron chi connectivity index (χ2n) is 4.33. The van der Waals surface area contributed by atoms with Crippen LogP contribution in [0.1, 0.15) is 65.2 Å². The summed E-state index contributed by atoms with van der Waals surface area (Å²) in [6.07, 6.45) is 11.8. The zero-order valence-electron chi connectivity index (χ0n) is 8.81. The van der Waals surface area contributed by atoms with E-state index in [2.05, 4.69) is 13.8 Å². The van der Waals surface area contributed by atoms with Crippen LogP contribution in [-0.2, 0) is 0 Å². The van der Waals surface area contributed by atoms with Gasteiger partial charge in [-0.2, -0.15) is 0 Å². The van der Waals surface area contributed by atoms with Gasteiger partial charge in [0.15, 0.2) is 0 Å². The smallest absolute Gasteiger partial charge is 0.0389 e. The number of hydrogen-bond acceptors (Lipinski definition) is 0. The first-order chi connectivity index (χ1) is 5.88. The van der Waals surface area contributed by atoms with Crippen LogP contribution >= 0.6 is 0 Å². The Bertz CT molecular complexity index is 92.6. The molecule has 1 aliphatic carbocycles. The Hall–Kier alpha value is 0. The van der Waals surface area contributed by atoms with Gasteiger partial charge in [-0.1, -0.05) is 65.2 Å². The van der Waals surface area contributed by atoms with E-state index in [1.807, 2.05) is 0 Å². The van der Waals surface area contributed by atoms with E-state index in [1.165, 1.54) is 51.4 Å². The Morgan fingerprint density at radius 2 is 1.17 bits per heavy atom. The van der Waals surface area contributed by atoms with E-state index in [0.29, 0.717) is 0 Å². The zero-order valence-corrected chi connectivity index (χ0v) is 8.81. The highest BCUT2D eigenvalue weighted by Crippen LogP contribution is 2.31. The first-order valence-corrected chi connectivity index (χ1v) is 5.88. The average molecular weight is 168 g/mol. The normalized spacial score (nSPS) is 32.5. The number of hydrogen-bond donors (Lipinski definition) is 0. The minimum atomic E-state index is 1.05. The van der Waals surface area contributed by atoms with Gasteiger partial charge in [-0.3, -0.25) is 0 Å². The van der Waals surface area contributed by atoms with E-state index in [0.717, 1.165) is 11.8 Å². The third kappa shape index (κ3) is 2.80. The molecule has 0 bridgehead atoms. The Kier molecular flexibility index (Phi) is 4.72. The van der Waals surface area contributed by atoms with Crippen molar-refractivity contribution in [3.8, 4) is 0 Å². The highest BCUT2D eigenvalue weighted by atomic mass is 14.2. The van der Waals surface area contributed by atoms with Crippen molar-refractivity contribution in [1.29, 1.82) is 0 Å². The van der Waals surface area contributed by atoms with Crippen molar-refractivity contribution in [2.24, 2.45) is 11.8 Å². The van der Waals surface area contributed by atoms with Crippen molar-refractivity contribution in [2.75, 3.05) is 0 Å². The van der Waals surface area contributed by atoms with Crippen molar-refractivity contribution in [1.82, 2.24) is 0 Å². The molecule has 0 nitrogen and oxygen atoms in total. The first-order valence-electron chi connectivity index (χ1n) is 5.88. The Labute approximate surface area is 77.7 Å². The first kappa shape index (κ1) is 10.1. The van der Waals surface area contributed by atoms with E-state index in [-0.39, 0.29) is 0 Å². The topological polar surface area (TPSA) is 0 Å². The fourth-order valence-electron chi connectivity index (χ4n) is 2.71. The van der Waals surface area contributed by atoms with E-state index in [1.54, 1.807) is 0 Å². The van der Waals surface area contributed by atoms with Crippen LogP contribution in [0.2, 0.25) is 0 Å². The molecule has 1 rings (SSSR count). The summed E-state index contributed by atoms with van der Waals surface area (Å²) < 4.78 is 0. The predicted molar refractivity (Wildman–Crippen MR) is 55.3 cm³/mol. The van der Waals surface area contributed by atoms with Crippen molar-refractivity contribution < 1.29 is 0 Å². The SMILES string of the molecule is CC[C@@H]1CCCCCC[C@@H]1CC. The minimum absolute atomic E-state index is 1.05. The van der Waals surface area contributed by atoms with E-state index < -0.39 is 0 Å². The van der Waals surface area contributed by atoms with E-state index in [9.17, 15) is 0 Å². The molecule has 2 atom stereocenters. The summed E-state index contributed by atoms with van der Waals surface area (Å²) in [5.74, 6) is 2.10. The maximum absolute atomic E-state index is 2.37. The van der Waals surface area contributed by atoms with Gasteiger partial charge in [0, 0.05) is 0 Å². The van der Waals surface area contributed by atoms with Crippen LogP contribution in [0.5, 0.6) is 0 Å². The summed E-state index contributed by atoms with van der Waals surface area (Å²) in [6.45, 7) is 4.74. The second kappa shape index (κ2) is 5.61. The molecule has 0 aromatic carbocycles. The molecule has 0 radical (unpaired) electrons. The molecule has 0 amide bonds. The van der Waals surface area contributed by atoms with Crippen LogP contribution < -0.4 is 0 Å². The van der Waals surface area contributed by atoms with Gasteiger partial charge in [0.1, 0.15) is 0 Å². The lowest BCUT2D eigenvalue weighted by Gasteiger charge is -2.27. The van der Waals surface area contributed by atoms with E-state index in [4.69, 9.17) is 0 Å². The quantitative estimate of drug-likeness (QED) is 0.573. The molecule has 12 heavy (non-hydrogen) atoms. The van der Waals surface area contributed by atoms with Crippen LogP contribution in [0.3, 0.4) is 0 Å². The summed E-state index contributed by atoms with van der Waals surface area (Å²) >= 11 is 0. The van der Waals surface area contributed by atoms with Crippen LogP contribution in [0.4, 0.5) is 0 Å². The molecule has 0 aliphatic heterocycles. The molecule has 0 heteroatoms. The lowest BCUT2D eigenvalue weighted by atomic mass is 9.79. The molecular weight excluding hydrogens is 144 g/mol. The van der Waals surface area contributed by atoms with Gasteiger partial charge in [0.05, 0.1) is 0 Å². The molecule has 0 N–H and O–H groups in total. The largest absolute Gasteiger partial charge is 0.0651 e. The monoisotopic (exact) mass is 168 g/mol. The minimum Gasteiger partial charge on any atom is -0.0651 e. The third-order valence-electron chi connectivity index (χ3n) is 3.62. The van der Waals surface area contributed by atoms with Crippen molar-refractivity contribution in [3.63, 3.8) is 0 Å². The standard InChI is InChI=1S/C12H24/c1-3-11-9-7-5-6-8-10-12(11)4-2/h11-12H,3-10H2,1-2H3/t11-,12+. The predicted octanol–water partition coefficient (Wildman–Crippen LogP) is 4.39. The van der Waals surface area contributed by atoms with E-state index >= 15 is 0 Å². The average Bonchev–Trinajstić information content (AvgIpc) is 2.05. The summed E-state index contributed by atoms with van der Waals surface area (Å²) in [5, 5.41) is 0. The zero-order chi connectivity index (χ0) is 8.81. The van der Waals surface area contributed by atoms with Gasteiger partial charge in [-0.25, -0.2) is 0 Å². The van der Waals surface area contributed by atoms with Gasteiger partial charge in [0.25, 0.3) is 0 Å². The summed E-state index contributed by atoms with van der Waals surface area (Å²) in [4.78, 5) is 0. The molecule has 0 spiro atoms. The molecule has 0 aromatic heterocycles. The molecule has 72 valence electrons. The Balaban J connectivity index is 2.39. The molecule has 0 saturated heterocycles. The lowest BCUT2D eigenvalue weighted by molar-refractivity contribution is 0.247. The molecule has 0 aromatic rings. The second-order valence-corrected chi connectivity index (χ2v) is 4.33. The fourth-order valence-corrected chi connectivity index (χ4v) is 2.71. The van der Waals surface area contributed by atoms with Crippen molar-refractivity contribution in [3.05, 3.63) is 0 Å². The van der Waals surface area contributed by atoms with Gasteiger partial charge >= 0.3 is 0 Å². The Morgan fingerprint density at radius 3 is 1.50 bits per heavy atom. The van der Waals surface area contributed by atoms with Crippen LogP contribution in [0, 0.1) is 11.8 Å². The molecule has 1 saturated carbocycles. The highest BCUT2D eigenvalue weighted by molar-refractivity contribution is 4.70. The molecule has 1 fully saturated rings. The third-order valence-corrected chi connectivity index (χ3v) is 3.62. The Morgan fingerprint density at radius 1 is 0.750 bits per heavy atom. The number of rotatable bonds is 2. The van der Waals surface area contributed by atoms with Crippen molar-refractivity contribution >= 4 is 0 Å². The van der Waals surface area contributed by atoms with Crippen LogP contribution in [0.15, 0.2) is 0 Å². The van der Waals surface area contributed by atoms with Crippen molar-refractivity contribution in [2.45, 2.75) is 65.2 Å². The summed E-state index contributed by atoms with van der Waals surface area (Å²) in [6, 6.07) is 0. The summed E-state index contributed by atoms with van der Waals surface area (Å²) in [5.41, 5.74) is 0. The van der Waals surface area contributed by atoms with Crippen LogP contribution in [-0.4, -0.2) is 0 Å². The fraction of sp³-hybridized carbons (Fsp3) is 1.00. The maximum Gasteiger partial charge on any atom is -0.0389 e. The maximum atomic E-state index is 2.37.